The normalized spacial score (nSPS) is 17.6. The van der Waals surface area contributed by atoms with Gasteiger partial charge in [-0.05, 0) is 68.5 Å². The Bertz CT molecular complexity index is 1240. The van der Waals surface area contributed by atoms with E-state index in [2.05, 4.69) is 15.5 Å². The predicted octanol–water partition coefficient (Wildman–Crippen LogP) is 3.57. The molecule has 0 unspecified atom stereocenters. The van der Waals surface area contributed by atoms with E-state index >= 15 is 0 Å². The fourth-order valence-corrected chi connectivity index (χ4v) is 7.35. The number of nitrogens with one attached hydrogen (secondary N) is 2. The monoisotopic (exact) mass is 590 g/mol. The molecule has 0 aliphatic carbocycles. The maximum absolute atomic E-state index is 13.5. The van der Waals surface area contributed by atoms with Crippen LogP contribution in [0, 0.1) is 13.8 Å². The molecule has 2 saturated heterocycles. The largest absolute Gasteiger partial charge is 0.465 e. The first-order chi connectivity index (χ1) is 19.1. The summed E-state index contributed by atoms with van der Waals surface area (Å²) in [5, 5.41) is 9.70. The van der Waals surface area contributed by atoms with Gasteiger partial charge in [0.2, 0.25) is 0 Å². The van der Waals surface area contributed by atoms with Crippen LogP contribution in [0.25, 0.3) is 0 Å². The molecule has 0 radical (unpaired) electrons. The van der Waals surface area contributed by atoms with Crippen molar-refractivity contribution in [1.82, 2.24) is 9.80 Å². The molecule has 2 N–H and O–H groups in total. The standard InChI is InChI=1S/C28H39N5O5S2/c1-19-17-39-25(27(36)32-11-9-31(3)10-12-32)23(19)29-21(34)15-33(13-7-5-6-8-14-33)16-22(35)30-24-20(2)18-40-26(24)28(37)38-4/h17-18H,5-16H2,1-4H3,(H-,29,30,34,35,36,37)/p+1. The van der Waals surface area contributed by atoms with Gasteiger partial charge >= 0.3 is 5.97 Å². The van der Waals surface area contributed by atoms with Gasteiger partial charge in [-0.3, -0.25) is 14.4 Å². The van der Waals surface area contributed by atoms with Gasteiger partial charge in [-0.2, -0.15) is 0 Å². The van der Waals surface area contributed by atoms with Crippen LogP contribution in [0.3, 0.4) is 0 Å². The number of thiophene rings is 2. The van der Waals surface area contributed by atoms with Gasteiger partial charge in [-0.25, -0.2) is 4.79 Å². The number of ether oxygens (including phenoxy) is 1. The summed E-state index contributed by atoms with van der Waals surface area (Å²) >= 11 is 2.60. The molecule has 218 valence electrons. The molecule has 40 heavy (non-hydrogen) atoms. The molecule has 0 spiro atoms. The van der Waals surface area contributed by atoms with Crippen LogP contribution in [-0.2, 0) is 14.3 Å². The molecule has 2 aromatic heterocycles. The molecular formula is C28H40N5O5S2+. The van der Waals surface area contributed by atoms with Crippen LogP contribution in [-0.4, -0.2) is 104 Å². The molecule has 2 aliphatic heterocycles. The van der Waals surface area contributed by atoms with Crippen molar-refractivity contribution in [3.63, 3.8) is 0 Å². The molecule has 12 heteroatoms. The van der Waals surface area contributed by atoms with Gasteiger partial charge in [0.15, 0.2) is 13.1 Å². The average molecular weight is 591 g/mol. The number of hydrogen-bond acceptors (Lipinski definition) is 8. The molecule has 3 amide bonds. The number of nitrogens with zero attached hydrogens (tertiary/aromatic N) is 3. The van der Waals surface area contributed by atoms with E-state index in [-0.39, 0.29) is 30.8 Å². The lowest BCUT2D eigenvalue weighted by Gasteiger charge is -2.36. The number of carbonyl (C=O) groups excluding carboxylic acids is 4. The second-order valence-corrected chi connectivity index (χ2v) is 12.7. The van der Waals surface area contributed by atoms with Crippen molar-refractivity contribution in [2.45, 2.75) is 39.5 Å². The molecule has 0 aromatic carbocycles. The summed E-state index contributed by atoms with van der Waals surface area (Å²) in [6.45, 7) is 8.40. The Kier molecular flexibility index (Phi) is 9.99. The summed E-state index contributed by atoms with van der Waals surface area (Å²) in [7, 11) is 3.36. The molecule has 0 atom stereocenters. The lowest BCUT2D eigenvalue weighted by molar-refractivity contribution is -0.912. The Hall–Kier alpha value is -2.80. The Labute approximate surface area is 243 Å². The zero-order chi connectivity index (χ0) is 28.9. The van der Waals surface area contributed by atoms with E-state index in [1.165, 1.54) is 29.8 Å². The highest BCUT2D eigenvalue weighted by Gasteiger charge is 2.35. The number of hydrogen-bond donors (Lipinski definition) is 2. The third-order valence-corrected chi connectivity index (χ3v) is 9.97. The van der Waals surface area contributed by atoms with E-state index in [0.29, 0.717) is 51.8 Å². The van der Waals surface area contributed by atoms with Crippen molar-refractivity contribution in [2.24, 2.45) is 0 Å². The van der Waals surface area contributed by atoms with E-state index in [1.807, 2.05) is 36.6 Å². The quantitative estimate of drug-likeness (QED) is 0.360. The second kappa shape index (κ2) is 13.2. The number of likely N-dealkylation sites (N-methyl/N-ethyl adjacent to an activating group) is 1. The molecule has 2 aromatic rings. The second-order valence-electron chi connectivity index (χ2n) is 10.9. The summed E-state index contributed by atoms with van der Waals surface area (Å²) in [4.78, 5) is 57.4. The maximum atomic E-state index is 13.5. The third-order valence-electron chi connectivity index (χ3n) is 7.81. The fourth-order valence-electron chi connectivity index (χ4n) is 5.45. The Morgan fingerprint density at radius 3 is 1.85 bits per heavy atom. The number of quaternary nitrogens is 1. The Balaban J connectivity index is 1.48. The average Bonchev–Trinajstić information content (AvgIpc) is 3.37. The van der Waals surface area contributed by atoms with Gasteiger partial charge in [-0.1, -0.05) is 0 Å². The van der Waals surface area contributed by atoms with Crippen molar-refractivity contribution in [3.05, 3.63) is 31.6 Å². The highest BCUT2D eigenvalue weighted by atomic mass is 32.1. The van der Waals surface area contributed by atoms with Crippen LogP contribution in [0.4, 0.5) is 11.4 Å². The van der Waals surface area contributed by atoms with Gasteiger partial charge < -0.3 is 29.7 Å². The van der Waals surface area contributed by atoms with Crippen molar-refractivity contribution in [3.8, 4) is 0 Å². The van der Waals surface area contributed by atoms with Crippen molar-refractivity contribution >= 4 is 57.7 Å². The van der Waals surface area contributed by atoms with Crippen LogP contribution >= 0.6 is 22.7 Å². The number of amides is 3. The zero-order valence-corrected chi connectivity index (χ0v) is 25.5. The first-order valence-electron chi connectivity index (χ1n) is 13.8. The van der Waals surface area contributed by atoms with Crippen LogP contribution in [0.1, 0.15) is 56.2 Å². The van der Waals surface area contributed by atoms with Gasteiger partial charge in [0.1, 0.15) is 9.75 Å². The molecule has 4 rings (SSSR count). The summed E-state index contributed by atoms with van der Waals surface area (Å²) in [6.07, 6.45) is 3.98. The number of rotatable bonds is 8. The first kappa shape index (κ1) is 30.2. The minimum Gasteiger partial charge on any atom is -0.465 e. The molecule has 2 aliphatic rings. The number of anilines is 2. The van der Waals surface area contributed by atoms with Crippen LogP contribution in [0.5, 0.6) is 0 Å². The molecule has 4 heterocycles. The highest BCUT2D eigenvalue weighted by Crippen LogP contribution is 2.31. The van der Waals surface area contributed by atoms with E-state index < -0.39 is 5.97 Å². The summed E-state index contributed by atoms with van der Waals surface area (Å²) in [5.74, 6) is -0.976. The topological polar surface area (TPSA) is 108 Å². The molecule has 10 nitrogen and oxygen atoms in total. The number of aryl methyl sites for hydroxylation is 2. The van der Waals surface area contributed by atoms with E-state index in [0.717, 1.165) is 49.9 Å². The lowest BCUT2D eigenvalue weighted by Crippen LogP contribution is -2.56. The molecule has 2 fully saturated rings. The van der Waals surface area contributed by atoms with Gasteiger partial charge in [0, 0.05) is 26.2 Å². The SMILES string of the molecule is COC(=O)c1scc(C)c1NC(=O)C[N+]1(CC(=O)Nc2c(C)csc2C(=O)N2CCN(C)CC2)CCCCCC1. The summed E-state index contributed by atoms with van der Waals surface area (Å²) < 4.78 is 5.21. The highest BCUT2D eigenvalue weighted by molar-refractivity contribution is 7.13. The predicted molar refractivity (Wildman–Crippen MR) is 158 cm³/mol. The first-order valence-corrected chi connectivity index (χ1v) is 15.6. The van der Waals surface area contributed by atoms with Crippen LogP contribution in [0.15, 0.2) is 10.8 Å². The van der Waals surface area contributed by atoms with Crippen LogP contribution in [0.2, 0.25) is 0 Å². The number of esters is 1. The zero-order valence-electron chi connectivity index (χ0n) is 23.8. The number of carbonyl (C=O) groups is 4. The lowest BCUT2D eigenvalue weighted by atomic mass is 10.2. The minimum atomic E-state index is -0.487. The van der Waals surface area contributed by atoms with Crippen LogP contribution < -0.4 is 10.6 Å². The summed E-state index contributed by atoms with van der Waals surface area (Å²) in [5.41, 5.74) is 2.71. The Morgan fingerprint density at radius 1 is 0.825 bits per heavy atom. The van der Waals surface area contributed by atoms with Gasteiger partial charge in [-0.15, -0.1) is 22.7 Å². The molecular weight excluding hydrogens is 550 g/mol. The third kappa shape index (κ3) is 7.09. The maximum Gasteiger partial charge on any atom is 0.350 e. The number of methoxy groups -OCH3 is 1. The van der Waals surface area contributed by atoms with Gasteiger partial charge in [0.05, 0.1) is 31.6 Å². The Morgan fingerprint density at radius 2 is 1.32 bits per heavy atom. The van der Waals surface area contributed by atoms with E-state index in [1.54, 1.807) is 0 Å². The molecule has 0 saturated carbocycles. The van der Waals surface area contributed by atoms with Crippen molar-refractivity contribution in [1.29, 1.82) is 0 Å². The van der Waals surface area contributed by atoms with E-state index in [4.69, 9.17) is 4.74 Å². The van der Waals surface area contributed by atoms with Crippen molar-refractivity contribution < 1.29 is 28.4 Å². The van der Waals surface area contributed by atoms with E-state index in [9.17, 15) is 19.2 Å². The fraction of sp³-hybridized carbons (Fsp3) is 0.571. The van der Waals surface area contributed by atoms with Crippen molar-refractivity contribution in [2.75, 3.05) is 77.1 Å². The smallest absolute Gasteiger partial charge is 0.350 e. The number of piperazine rings is 1. The number of likely N-dealkylation sites (tertiary alicyclic amines) is 1. The molecule has 0 bridgehead atoms. The minimum absolute atomic E-state index is 0.0490. The summed E-state index contributed by atoms with van der Waals surface area (Å²) in [6, 6.07) is 0. The van der Waals surface area contributed by atoms with Gasteiger partial charge in [0.25, 0.3) is 17.7 Å².